The maximum atomic E-state index is 9.78. The zero-order valence-electron chi connectivity index (χ0n) is 9.01. The van der Waals surface area contributed by atoms with E-state index in [2.05, 4.69) is 12.6 Å². The van der Waals surface area contributed by atoms with Gasteiger partial charge in [0, 0.05) is 10.3 Å². The average Bonchev–Trinajstić information content (AvgIpc) is 3.00. The highest BCUT2D eigenvalue weighted by Crippen LogP contribution is 2.37. The highest BCUT2D eigenvalue weighted by atomic mass is 32.1. The molecule has 0 fully saturated rings. The van der Waals surface area contributed by atoms with Crippen molar-refractivity contribution < 1.29 is 5.11 Å². The number of phenols is 1. The first-order chi connectivity index (χ1) is 8.27. The molecule has 3 rings (SSSR count). The first kappa shape index (κ1) is 10.6. The number of benzene rings is 1. The molecule has 0 amide bonds. The van der Waals surface area contributed by atoms with Gasteiger partial charge in [0.25, 0.3) is 0 Å². The number of aromatic hydroxyl groups is 1. The van der Waals surface area contributed by atoms with E-state index in [9.17, 15) is 5.11 Å². The van der Waals surface area contributed by atoms with E-state index in [-0.39, 0.29) is 0 Å². The molecular formula is C14H10OS2. The van der Waals surface area contributed by atoms with Crippen LogP contribution >= 0.6 is 22.7 Å². The van der Waals surface area contributed by atoms with Gasteiger partial charge >= 0.3 is 0 Å². The highest BCUT2D eigenvalue weighted by molar-refractivity contribution is 7.17. The number of fused-ring (bicyclic) bond motifs is 1. The van der Waals surface area contributed by atoms with E-state index in [1.54, 1.807) is 28.7 Å². The third-order valence-electron chi connectivity index (χ3n) is 2.74. The predicted molar refractivity (Wildman–Crippen MR) is 75.9 cm³/mol. The lowest BCUT2D eigenvalue weighted by atomic mass is 10.0. The summed E-state index contributed by atoms with van der Waals surface area (Å²) < 4.78 is 0.931. The Hall–Kier alpha value is -1.58. The fraction of sp³-hybridized carbons (Fsp3) is 0. The Bertz CT molecular complexity index is 677. The first-order valence-electron chi connectivity index (χ1n) is 5.19. The minimum absolute atomic E-state index is 0.345. The molecule has 0 bridgehead atoms. The van der Waals surface area contributed by atoms with Crippen molar-refractivity contribution in [2.24, 2.45) is 0 Å². The Morgan fingerprint density at radius 1 is 1.06 bits per heavy atom. The lowest BCUT2D eigenvalue weighted by molar-refractivity contribution is 0.482. The monoisotopic (exact) mass is 258 g/mol. The van der Waals surface area contributed by atoms with Crippen LogP contribution in [0.25, 0.3) is 15.7 Å². The zero-order valence-corrected chi connectivity index (χ0v) is 10.6. The van der Waals surface area contributed by atoms with E-state index in [4.69, 9.17) is 0 Å². The topological polar surface area (TPSA) is 20.2 Å². The largest absolute Gasteiger partial charge is 0.506 e. The summed E-state index contributed by atoms with van der Waals surface area (Å²) in [5, 5.41) is 14.9. The number of hydrogen-bond donors (Lipinski definition) is 1. The Balaban J connectivity index is 2.22. The minimum atomic E-state index is 0.345. The summed E-state index contributed by atoms with van der Waals surface area (Å²) in [5.41, 5.74) is 2.12. The second-order valence-corrected chi connectivity index (χ2v) is 5.62. The molecule has 0 radical (unpaired) electrons. The third kappa shape index (κ3) is 1.68. The molecule has 0 aliphatic rings. The van der Waals surface area contributed by atoms with Crippen molar-refractivity contribution in [1.82, 2.24) is 0 Å². The molecule has 2 aromatic heterocycles. The Kier molecular flexibility index (Phi) is 2.50. The van der Waals surface area contributed by atoms with Gasteiger partial charge in [-0.25, -0.2) is 0 Å². The molecule has 0 aliphatic carbocycles. The Morgan fingerprint density at radius 2 is 1.94 bits per heavy atom. The molecule has 3 heteroatoms. The molecule has 84 valence electrons. The van der Waals surface area contributed by atoms with Crippen LogP contribution in [0, 0.1) is 0 Å². The number of hydrogen-bond acceptors (Lipinski definition) is 3. The van der Waals surface area contributed by atoms with Crippen molar-refractivity contribution in [2.45, 2.75) is 0 Å². The standard InChI is InChI=1S/C14H10OS2/c1-9(13-3-2-7-16-13)10-4-5-12(15)14-11(10)6-8-17-14/h2-8,15H,1H2. The zero-order chi connectivity index (χ0) is 11.8. The SMILES string of the molecule is C=C(c1cccs1)c1ccc(O)c2sccc12. The van der Waals surface area contributed by atoms with E-state index in [1.807, 2.05) is 29.0 Å². The molecular weight excluding hydrogens is 248 g/mol. The maximum Gasteiger partial charge on any atom is 0.133 e. The minimum Gasteiger partial charge on any atom is -0.506 e. The van der Waals surface area contributed by atoms with E-state index in [1.165, 1.54) is 4.88 Å². The van der Waals surface area contributed by atoms with Crippen molar-refractivity contribution in [3.63, 3.8) is 0 Å². The molecule has 1 nitrogen and oxygen atoms in total. The van der Waals surface area contributed by atoms with Crippen LogP contribution in [0.2, 0.25) is 0 Å². The van der Waals surface area contributed by atoms with Gasteiger partial charge in [0.15, 0.2) is 0 Å². The summed E-state index contributed by atoms with van der Waals surface area (Å²) in [6, 6.07) is 9.81. The van der Waals surface area contributed by atoms with Crippen LogP contribution in [0.3, 0.4) is 0 Å². The fourth-order valence-electron chi connectivity index (χ4n) is 1.89. The lowest BCUT2D eigenvalue weighted by Gasteiger charge is -2.06. The molecule has 1 N–H and O–H groups in total. The van der Waals surface area contributed by atoms with Gasteiger partial charge in [0.2, 0.25) is 0 Å². The van der Waals surface area contributed by atoms with Crippen LogP contribution in [0.15, 0.2) is 47.7 Å². The summed E-state index contributed by atoms with van der Waals surface area (Å²) in [6.45, 7) is 4.16. The van der Waals surface area contributed by atoms with Crippen molar-refractivity contribution in [1.29, 1.82) is 0 Å². The first-order valence-corrected chi connectivity index (χ1v) is 6.95. The summed E-state index contributed by atoms with van der Waals surface area (Å²) >= 11 is 3.24. The van der Waals surface area contributed by atoms with E-state index in [0.29, 0.717) is 5.75 Å². The van der Waals surface area contributed by atoms with Crippen LogP contribution in [-0.4, -0.2) is 5.11 Å². The molecule has 3 aromatic rings. The predicted octanol–water partition coefficient (Wildman–Crippen LogP) is 4.73. The second kappa shape index (κ2) is 4.02. The quantitative estimate of drug-likeness (QED) is 0.704. The summed E-state index contributed by atoms with van der Waals surface area (Å²) in [7, 11) is 0. The van der Waals surface area contributed by atoms with Gasteiger partial charge in [-0.2, -0.15) is 0 Å². The molecule has 1 aromatic carbocycles. The molecule has 17 heavy (non-hydrogen) atoms. The van der Waals surface area contributed by atoms with Gasteiger partial charge < -0.3 is 5.11 Å². The van der Waals surface area contributed by atoms with Gasteiger partial charge in [-0.15, -0.1) is 22.7 Å². The highest BCUT2D eigenvalue weighted by Gasteiger charge is 2.10. The Morgan fingerprint density at radius 3 is 2.71 bits per heavy atom. The summed E-state index contributed by atoms with van der Waals surface area (Å²) in [4.78, 5) is 1.17. The van der Waals surface area contributed by atoms with Crippen LogP contribution in [0.5, 0.6) is 5.75 Å². The molecule has 0 saturated heterocycles. The fourth-order valence-corrected chi connectivity index (χ4v) is 3.44. The van der Waals surface area contributed by atoms with Gasteiger partial charge in [-0.3, -0.25) is 0 Å². The number of thiophene rings is 2. The van der Waals surface area contributed by atoms with Crippen LogP contribution in [-0.2, 0) is 0 Å². The van der Waals surface area contributed by atoms with Crippen molar-refractivity contribution >= 4 is 38.3 Å². The van der Waals surface area contributed by atoms with Crippen molar-refractivity contribution in [3.8, 4) is 5.75 Å². The lowest BCUT2D eigenvalue weighted by Crippen LogP contribution is -1.83. The third-order valence-corrected chi connectivity index (χ3v) is 4.61. The van der Waals surface area contributed by atoms with Gasteiger partial charge in [0.1, 0.15) is 5.75 Å². The smallest absolute Gasteiger partial charge is 0.133 e. The maximum absolute atomic E-state index is 9.78. The molecule has 2 heterocycles. The van der Waals surface area contributed by atoms with Crippen molar-refractivity contribution in [2.75, 3.05) is 0 Å². The van der Waals surface area contributed by atoms with E-state index < -0.39 is 0 Å². The van der Waals surface area contributed by atoms with Gasteiger partial charge in [-0.1, -0.05) is 12.6 Å². The molecule has 0 spiro atoms. The molecule has 0 aliphatic heterocycles. The van der Waals surface area contributed by atoms with Crippen molar-refractivity contribution in [3.05, 3.63) is 58.1 Å². The number of phenolic OH excluding ortho intramolecular Hbond substituents is 1. The number of rotatable bonds is 2. The normalized spacial score (nSPS) is 10.8. The summed E-state index contributed by atoms with van der Waals surface area (Å²) in [5.74, 6) is 0.345. The van der Waals surface area contributed by atoms with Gasteiger partial charge in [-0.05, 0) is 46.2 Å². The molecule has 0 saturated carbocycles. The van der Waals surface area contributed by atoms with Gasteiger partial charge in [0.05, 0.1) is 4.70 Å². The van der Waals surface area contributed by atoms with E-state index >= 15 is 0 Å². The molecule has 0 unspecified atom stereocenters. The molecule has 0 atom stereocenters. The average molecular weight is 258 g/mol. The second-order valence-electron chi connectivity index (χ2n) is 3.75. The van der Waals surface area contributed by atoms with Crippen LogP contribution in [0.4, 0.5) is 0 Å². The van der Waals surface area contributed by atoms with Crippen LogP contribution < -0.4 is 0 Å². The summed E-state index contributed by atoms with van der Waals surface area (Å²) in [6.07, 6.45) is 0. The Labute approximate surface area is 107 Å². The van der Waals surface area contributed by atoms with Crippen LogP contribution in [0.1, 0.15) is 10.4 Å². The van der Waals surface area contributed by atoms with E-state index in [0.717, 1.165) is 21.2 Å².